The molecule has 0 aromatic rings. The highest BCUT2D eigenvalue weighted by atomic mass is 16.7. The van der Waals surface area contributed by atoms with Crippen LogP contribution in [0, 0.1) is 5.92 Å². The molecule has 0 unspecified atom stereocenters. The van der Waals surface area contributed by atoms with Gasteiger partial charge in [-0.3, -0.25) is 0 Å². The van der Waals surface area contributed by atoms with Crippen molar-refractivity contribution in [3.05, 3.63) is 11.1 Å². The summed E-state index contributed by atoms with van der Waals surface area (Å²) in [7, 11) is 0. The predicted molar refractivity (Wildman–Crippen MR) is 81.2 cm³/mol. The molecule has 142 valence electrons. The van der Waals surface area contributed by atoms with Crippen LogP contribution >= 0.6 is 0 Å². The van der Waals surface area contributed by atoms with Gasteiger partial charge in [0.1, 0.15) is 24.4 Å². The number of esters is 1. The summed E-state index contributed by atoms with van der Waals surface area (Å²) in [6.45, 7) is 1.95. The van der Waals surface area contributed by atoms with Gasteiger partial charge in [-0.2, -0.15) is 0 Å². The van der Waals surface area contributed by atoms with Crippen molar-refractivity contribution < 1.29 is 44.2 Å². The Bertz CT molecular complexity index is 532. The van der Waals surface area contributed by atoms with Crippen molar-refractivity contribution in [3.63, 3.8) is 0 Å². The van der Waals surface area contributed by atoms with E-state index in [0.29, 0.717) is 18.6 Å². The number of aliphatic hydroxyl groups is 4. The summed E-state index contributed by atoms with van der Waals surface area (Å²) in [6.07, 6.45) is -6.21. The number of cyclic esters (lactones) is 1. The average Bonchev–Trinajstić information content (AvgIpc) is 2.60. The maximum atomic E-state index is 11.8. The lowest BCUT2D eigenvalue weighted by Crippen LogP contribution is -2.59. The number of carbonyl (C=O) groups is 1. The second kappa shape index (κ2) is 7.67. The van der Waals surface area contributed by atoms with E-state index in [-0.39, 0.29) is 31.2 Å². The van der Waals surface area contributed by atoms with E-state index in [4.69, 9.17) is 18.9 Å². The maximum Gasteiger partial charge on any atom is 0.336 e. The molecule has 0 saturated carbocycles. The van der Waals surface area contributed by atoms with Crippen LogP contribution < -0.4 is 0 Å². The van der Waals surface area contributed by atoms with Crippen LogP contribution in [0.25, 0.3) is 0 Å². The van der Waals surface area contributed by atoms with E-state index in [1.165, 1.54) is 0 Å². The quantitative estimate of drug-likeness (QED) is 0.423. The fourth-order valence-corrected chi connectivity index (χ4v) is 3.44. The molecule has 0 aromatic carbocycles. The van der Waals surface area contributed by atoms with Crippen LogP contribution in [0.4, 0.5) is 0 Å². The standard InChI is InChI=1S/C16H24O9/c1-7-9(8-2-3-22-15(21)10(8)6-23-7)5-24-16-14(20)13(19)12(18)11(4-17)25-16/h7,9,11-14,16-20H,2-6H2,1H3/t7-,9-,11-,12+,13+,14+,16-/m0/s1. The molecule has 7 atom stereocenters. The van der Waals surface area contributed by atoms with Crippen molar-refractivity contribution in [2.24, 2.45) is 5.92 Å². The molecule has 3 aliphatic heterocycles. The third kappa shape index (κ3) is 3.59. The van der Waals surface area contributed by atoms with E-state index in [1.807, 2.05) is 6.92 Å². The molecule has 0 radical (unpaired) electrons. The van der Waals surface area contributed by atoms with E-state index in [9.17, 15) is 25.2 Å². The van der Waals surface area contributed by atoms with Crippen LogP contribution in [0.5, 0.6) is 0 Å². The Hall–Kier alpha value is -1.07. The maximum absolute atomic E-state index is 11.8. The number of aliphatic hydroxyl groups excluding tert-OH is 4. The van der Waals surface area contributed by atoms with Crippen molar-refractivity contribution in [1.82, 2.24) is 0 Å². The molecule has 3 heterocycles. The van der Waals surface area contributed by atoms with Crippen LogP contribution in [0.1, 0.15) is 13.3 Å². The lowest BCUT2D eigenvalue weighted by Gasteiger charge is -2.41. The van der Waals surface area contributed by atoms with Crippen molar-refractivity contribution in [2.45, 2.75) is 50.2 Å². The molecule has 1 fully saturated rings. The van der Waals surface area contributed by atoms with E-state index in [0.717, 1.165) is 5.57 Å². The zero-order chi connectivity index (χ0) is 18.1. The van der Waals surface area contributed by atoms with Gasteiger partial charge < -0.3 is 39.4 Å². The van der Waals surface area contributed by atoms with Gasteiger partial charge >= 0.3 is 5.97 Å². The second-order valence-electron chi connectivity index (χ2n) is 6.54. The first-order valence-corrected chi connectivity index (χ1v) is 8.36. The highest BCUT2D eigenvalue weighted by molar-refractivity contribution is 5.90. The molecule has 3 aliphatic rings. The summed E-state index contributed by atoms with van der Waals surface area (Å²) >= 11 is 0. The predicted octanol–water partition coefficient (Wildman–Crippen LogP) is -1.92. The van der Waals surface area contributed by atoms with Crippen molar-refractivity contribution in [1.29, 1.82) is 0 Å². The fraction of sp³-hybridized carbons (Fsp3) is 0.812. The Morgan fingerprint density at radius 1 is 1.20 bits per heavy atom. The smallest absolute Gasteiger partial charge is 0.336 e. The first-order chi connectivity index (χ1) is 11.9. The van der Waals surface area contributed by atoms with Gasteiger partial charge in [-0.25, -0.2) is 4.79 Å². The number of hydrogen-bond acceptors (Lipinski definition) is 9. The zero-order valence-electron chi connectivity index (χ0n) is 13.9. The van der Waals surface area contributed by atoms with Gasteiger partial charge in [-0.15, -0.1) is 0 Å². The van der Waals surface area contributed by atoms with Gasteiger partial charge in [0.2, 0.25) is 0 Å². The zero-order valence-corrected chi connectivity index (χ0v) is 13.9. The normalized spacial score (nSPS) is 42.1. The van der Waals surface area contributed by atoms with Crippen LogP contribution in [0.2, 0.25) is 0 Å². The molecule has 1 saturated heterocycles. The summed E-state index contributed by atoms with van der Waals surface area (Å²) in [5.41, 5.74) is 1.42. The Balaban J connectivity index is 1.69. The van der Waals surface area contributed by atoms with Crippen molar-refractivity contribution >= 4 is 5.97 Å². The van der Waals surface area contributed by atoms with E-state index in [1.54, 1.807) is 0 Å². The van der Waals surface area contributed by atoms with Crippen molar-refractivity contribution in [3.8, 4) is 0 Å². The number of ether oxygens (including phenoxy) is 4. The molecule has 0 aromatic heterocycles. The first-order valence-electron chi connectivity index (χ1n) is 8.36. The SMILES string of the molecule is C[C@@H]1OCC2=C(CCOC2=O)[C@H]1CO[C@H]1O[C@@H](CO)[C@@H](O)[C@@H](O)[C@H]1O. The largest absolute Gasteiger partial charge is 0.462 e. The Morgan fingerprint density at radius 3 is 2.68 bits per heavy atom. The van der Waals surface area contributed by atoms with Crippen LogP contribution in [0.3, 0.4) is 0 Å². The minimum atomic E-state index is -1.49. The highest BCUT2D eigenvalue weighted by Crippen LogP contribution is 2.33. The van der Waals surface area contributed by atoms with Gasteiger partial charge in [0, 0.05) is 12.3 Å². The summed E-state index contributed by atoms with van der Waals surface area (Å²) in [5, 5.41) is 38.8. The monoisotopic (exact) mass is 360 g/mol. The Morgan fingerprint density at radius 2 is 1.96 bits per heavy atom. The molecule has 0 bridgehead atoms. The lowest BCUT2D eigenvalue weighted by molar-refractivity contribution is -0.304. The molecule has 0 aliphatic carbocycles. The number of hydrogen-bond donors (Lipinski definition) is 4. The third-order valence-electron chi connectivity index (χ3n) is 5.03. The van der Waals surface area contributed by atoms with Gasteiger partial charge in [0.25, 0.3) is 0 Å². The van der Waals surface area contributed by atoms with E-state index >= 15 is 0 Å². The van der Waals surface area contributed by atoms with Gasteiger partial charge in [-0.05, 0) is 12.5 Å². The molecule has 0 amide bonds. The first kappa shape index (κ1) is 18.7. The fourth-order valence-electron chi connectivity index (χ4n) is 3.44. The van der Waals surface area contributed by atoms with Gasteiger partial charge in [0.15, 0.2) is 6.29 Å². The Kier molecular flexibility index (Phi) is 5.74. The van der Waals surface area contributed by atoms with E-state index in [2.05, 4.69) is 0 Å². The van der Waals surface area contributed by atoms with Gasteiger partial charge in [0.05, 0.1) is 38.1 Å². The molecule has 9 nitrogen and oxygen atoms in total. The van der Waals surface area contributed by atoms with Gasteiger partial charge in [-0.1, -0.05) is 0 Å². The third-order valence-corrected chi connectivity index (χ3v) is 5.03. The van der Waals surface area contributed by atoms with E-state index < -0.39 is 37.3 Å². The molecule has 3 rings (SSSR count). The summed E-state index contributed by atoms with van der Waals surface area (Å²) in [4.78, 5) is 11.8. The molecular formula is C16H24O9. The van der Waals surface area contributed by atoms with Crippen LogP contribution in [0.15, 0.2) is 11.1 Å². The average molecular weight is 360 g/mol. The topological polar surface area (TPSA) is 135 Å². The minimum absolute atomic E-state index is 0.0932. The highest BCUT2D eigenvalue weighted by Gasteiger charge is 2.45. The second-order valence-corrected chi connectivity index (χ2v) is 6.54. The Labute approximate surface area is 144 Å². The molecule has 25 heavy (non-hydrogen) atoms. The van der Waals surface area contributed by atoms with Crippen LogP contribution in [-0.2, 0) is 23.7 Å². The minimum Gasteiger partial charge on any atom is -0.462 e. The van der Waals surface area contributed by atoms with Crippen molar-refractivity contribution in [2.75, 3.05) is 26.4 Å². The number of rotatable bonds is 4. The molecule has 9 heteroatoms. The summed E-state index contributed by atoms with van der Waals surface area (Å²) in [6, 6.07) is 0. The summed E-state index contributed by atoms with van der Waals surface area (Å²) < 4.78 is 21.6. The molecule has 0 spiro atoms. The summed E-state index contributed by atoms with van der Waals surface area (Å²) in [5.74, 6) is -0.602. The number of carbonyl (C=O) groups excluding carboxylic acids is 1. The van der Waals surface area contributed by atoms with Crippen LogP contribution in [-0.4, -0.2) is 89.6 Å². The molecular weight excluding hydrogens is 336 g/mol. The molecule has 4 N–H and O–H groups in total. The lowest BCUT2D eigenvalue weighted by atomic mass is 9.85.